The molecule has 0 N–H and O–H groups in total. The van der Waals surface area contributed by atoms with E-state index in [1.807, 2.05) is 11.3 Å². The van der Waals surface area contributed by atoms with Crippen LogP contribution >= 0.6 is 11.3 Å². The van der Waals surface area contributed by atoms with E-state index in [2.05, 4.69) is 166 Å². The molecule has 0 bridgehead atoms. The molecule has 54 heavy (non-hydrogen) atoms. The van der Waals surface area contributed by atoms with E-state index in [1.54, 1.807) is 0 Å². The van der Waals surface area contributed by atoms with E-state index in [4.69, 9.17) is 4.42 Å². The van der Waals surface area contributed by atoms with Crippen LogP contribution in [-0.2, 0) is 10.8 Å². The maximum Gasteiger partial charge on any atom is 0.143 e. The molecule has 2 aliphatic carbocycles. The fourth-order valence-corrected chi connectivity index (χ4v) is 10.7. The van der Waals surface area contributed by atoms with Gasteiger partial charge >= 0.3 is 0 Å². The smallest absolute Gasteiger partial charge is 0.143 e. The summed E-state index contributed by atoms with van der Waals surface area (Å²) in [4.78, 5) is 1.38. The Bertz CT molecular complexity index is 2830. The number of hydrogen-bond donors (Lipinski definition) is 0. The predicted molar refractivity (Wildman–Crippen MR) is 232 cm³/mol. The lowest BCUT2D eigenvalue weighted by atomic mass is 9.81. The van der Waals surface area contributed by atoms with Crippen molar-refractivity contribution in [2.24, 2.45) is 0 Å². The molecule has 2 heteroatoms. The monoisotopic (exact) mass is 718 g/mol. The molecular weight excluding hydrogens is 673 g/mol. The van der Waals surface area contributed by atoms with Crippen LogP contribution in [0.3, 0.4) is 0 Å². The molecule has 10 rings (SSSR count). The van der Waals surface area contributed by atoms with Crippen LogP contribution in [0.5, 0.6) is 0 Å². The Balaban J connectivity index is 1.32. The molecule has 0 saturated carbocycles. The fourth-order valence-electron chi connectivity index (χ4n) is 9.48. The van der Waals surface area contributed by atoms with E-state index in [9.17, 15) is 0 Å². The number of fused-ring (bicyclic) bond motifs is 11. The van der Waals surface area contributed by atoms with Crippen LogP contribution in [0.15, 0.2) is 101 Å². The van der Waals surface area contributed by atoms with Crippen LogP contribution < -0.4 is 10.4 Å². The van der Waals surface area contributed by atoms with Gasteiger partial charge in [-0.25, -0.2) is 0 Å². The van der Waals surface area contributed by atoms with Crippen molar-refractivity contribution in [1.29, 1.82) is 0 Å². The Morgan fingerprint density at radius 1 is 0.481 bits per heavy atom. The van der Waals surface area contributed by atoms with E-state index in [0.717, 1.165) is 11.3 Å². The average Bonchev–Trinajstić information content (AvgIpc) is 3.83. The van der Waals surface area contributed by atoms with E-state index >= 15 is 0 Å². The maximum absolute atomic E-state index is 6.81. The number of hydrogen-bond acceptors (Lipinski definition) is 2. The van der Waals surface area contributed by atoms with Gasteiger partial charge in [0.05, 0.1) is 0 Å². The summed E-state index contributed by atoms with van der Waals surface area (Å²) in [5.41, 5.74) is 19.7. The number of furan rings is 1. The molecule has 0 aliphatic heterocycles. The molecule has 0 unspecified atom stereocenters. The highest BCUT2D eigenvalue weighted by Gasteiger charge is 2.33. The molecule has 2 aliphatic rings. The summed E-state index contributed by atoms with van der Waals surface area (Å²) < 4.78 is 8.16. The minimum Gasteiger partial charge on any atom is -0.455 e. The third kappa shape index (κ3) is 4.69. The molecule has 1 nitrogen and oxygen atoms in total. The lowest BCUT2D eigenvalue weighted by Gasteiger charge is -2.23. The number of para-hydroxylation sites is 1. The van der Waals surface area contributed by atoms with Crippen molar-refractivity contribution in [3.63, 3.8) is 0 Å². The molecule has 0 atom stereocenters. The Morgan fingerprint density at radius 3 is 1.54 bits per heavy atom. The summed E-state index contributed by atoms with van der Waals surface area (Å²) in [6, 6.07) is 37.0. The summed E-state index contributed by atoms with van der Waals surface area (Å²) in [5.74, 6) is 0.987. The first-order valence-corrected chi connectivity index (χ1v) is 20.2. The van der Waals surface area contributed by atoms with Crippen LogP contribution in [-0.4, -0.2) is 0 Å². The molecule has 2 aromatic heterocycles. The van der Waals surface area contributed by atoms with E-state index in [0.29, 0.717) is 0 Å². The van der Waals surface area contributed by atoms with Crippen LogP contribution in [0.1, 0.15) is 97.2 Å². The third-order valence-electron chi connectivity index (χ3n) is 12.1. The van der Waals surface area contributed by atoms with Crippen molar-refractivity contribution in [2.45, 2.75) is 80.1 Å². The molecule has 0 radical (unpaired) electrons. The molecule has 266 valence electrons. The van der Waals surface area contributed by atoms with Gasteiger partial charge in [0.1, 0.15) is 11.3 Å². The van der Waals surface area contributed by atoms with Crippen molar-refractivity contribution < 1.29 is 4.42 Å². The van der Waals surface area contributed by atoms with Gasteiger partial charge in [0.15, 0.2) is 0 Å². The Kier molecular flexibility index (Phi) is 6.92. The average molecular weight is 719 g/mol. The highest BCUT2D eigenvalue weighted by molar-refractivity contribution is 7.22. The summed E-state index contributed by atoms with van der Waals surface area (Å²) in [6.07, 6.45) is 0. The highest BCUT2D eigenvalue weighted by Crippen LogP contribution is 2.49. The molecule has 6 aromatic carbocycles. The van der Waals surface area contributed by atoms with Gasteiger partial charge in [0, 0.05) is 48.2 Å². The van der Waals surface area contributed by atoms with E-state index in [1.165, 1.54) is 119 Å². The Hall–Kier alpha value is -5.18. The van der Waals surface area contributed by atoms with Gasteiger partial charge in [0.2, 0.25) is 0 Å². The number of rotatable bonds is 2. The molecule has 0 amide bonds. The zero-order chi connectivity index (χ0) is 37.6. The van der Waals surface area contributed by atoms with Gasteiger partial charge in [-0.3, -0.25) is 0 Å². The van der Waals surface area contributed by atoms with E-state index in [-0.39, 0.29) is 10.8 Å². The predicted octanol–water partition coefficient (Wildman–Crippen LogP) is 13.1. The molecule has 0 spiro atoms. The van der Waals surface area contributed by atoms with Gasteiger partial charge in [0.25, 0.3) is 0 Å². The first-order chi connectivity index (χ1) is 25.7. The van der Waals surface area contributed by atoms with Gasteiger partial charge in [-0.15, -0.1) is 11.3 Å². The van der Waals surface area contributed by atoms with Crippen LogP contribution in [0.4, 0.5) is 0 Å². The van der Waals surface area contributed by atoms with Crippen molar-refractivity contribution in [2.75, 3.05) is 0 Å². The summed E-state index contributed by atoms with van der Waals surface area (Å²) in [5, 5.41) is 7.64. The van der Waals surface area contributed by atoms with Crippen molar-refractivity contribution >= 4 is 54.3 Å². The first-order valence-electron chi connectivity index (χ1n) is 19.3. The number of benzene rings is 6. The lowest BCUT2D eigenvalue weighted by molar-refractivity contribution is 0.589. The van der Waals surface area contributed by atoms with E-state index < -0.39 is 0 Å². The van der Waals surface area contributed by atoms with Crippen LogP contribution in [0.2, 0.25) is 0 Å². The summed E-state index contributed by atoms with van der Waals surface area (Å²) >= 11 is 1.94. The second-order valence-corrected chi connectivity index (χ2v) is 19.0. The maximum atomic E-state index is 6.81. The minimum absolute atomic E-state index is 0.0728. The molecule has 0 fully saturated rings. The minimum atomic E-state index is 0.0728. The Labute approximate surface area is 322 Å². The highest BCUT2D eigenvalue weighted by atomic mass is 32.1. The molecule has 2 heterocycles. The third-order valence-corrected chi connectivity index (χ3v) is 13.3. The van der Waals surface area contributed by atoms with Gasteiger partial charge < -0.3 is 4.42 Å². The second-order valence-electron chi connectivity index (χ2n) is 18.0. The molecule has 0 saturated heterocycles. The van der Waals surface area contributed by atoms with Crippen molar-refractivity contribution in [3.05, 3.63) is 163 Å². The standard InChI is InChI=1S/C52H46OS/c1-27-19-33(51(5,6)7)20-28(2)43(27)45-37-23-32-26-40-38(24-31(32)25-39(37)49-47(45)35-15-11-13-17-41(35)53-49)46(48-36-16-12-14-18-42(36)54-50(40)48)44-29(3)21-34(22-30(44)4)52(8,9)10/h11-26H,1-10H3. The fraction of sp³-hybridized carbons (Fsp3) is 0.231. The summed E-state index contributed by atoms with van der Waals surface area (Å²) in [7, 11) is 0. The van der Waals surface area contributed by atoms with Gasteiger partial charge in [-0.2, -0.15) is 0 Å². The van der Waals surface area contributed by atoms with Crippen LogP contribution in [0, 0.1) is 27.7 Å². The zero-order valence-electron chi connectivity index (χ0n) is 33.1. The van der Waals surface area contributed by atoms with Crippen LogP contribution in [0.25, 0.3) is 64.7 Å². The lowest BCUT2D eigenvalue weighted by Crippen LogP contribution is -2.14. The zero-order valence-corrected chi connectivity index (χ0v) is 33.9. The van der Waals surface area contributed by atoms with Gasteiger partial charge in [-0.05, 0) is 146 Å². The second kappa shape index (κ2) is 11.2. The number of aryl methyl sites for hydroxylation is 4. The quantitative estimate of drug-likeness (QED) is 0.173. The van der Waals surface area contributed by atoms with Crippen molar-refractivity contribution in [1.82, 2.24) is 0 Å². The Morgan fingerprint density at radius 2 is 0.963 bits per heavy atom. The normalized spacial score (nSPS) is 13.7. The molecular formula is C52H46OS. The first kappa shape index (κ1) is 33.4. The topological polar surface area (TPSA) is 13.1 Å². The summed E-state index contributed by atoms with van der Waals surface area (Å²) in [6.45, 7) is 23.0. The number of thiophene rings is 1. The largest absolute Gasteiger partial charge is 0.455 e. The SMILES string of the molecule is Cc1cc(C(C)(C)C)cc(C)c1C1=c2cc3cc4c(cc3cc2-c2oc3ccccc3c21)=C(c1c(C)cc(C(C)(C)C)cc1C)c1c-4sc2ccccc12. The molecule has 8 aromatic rings. The van der Waals surface area contributed by atoms with Crippen molar-refractivity contribution in [3.8, 4) is 21.8 Å². The van der Waals surface area contributed by atoms with Gasteiger partial charge in [-0.1, -0.05) is 102 Å².